The second-order valence-corrected chi connectivity index (χ2v) is 10.4. The van der Waals surface area contributed by atoms with Crippen molar-refractivity contribution >= 4 is 22.7 Å². The van der Waals surface area contributed by atoms with Crippen molar-refractivity contribution in [3.05, 3.63) is 119 Å². The Bertz CT molecular complexity index is 1710. The highest BCUT2D eigenvalue weighted by Crippen LogP contribution is 2.35. The highest BCUT2D eigenvalue weighted by molar-refractivity contribution is 5.96. The minimum atomic E-state index is -0.923. The summed E-state index contributed by atoms with van der Waals surface area (Å²) in [5.74, 6) is 0.0149. The third-order valence-corrected chi connectivity index (χ3v) is 7.66. The summed E-state index contributed by atoms with van der Waals surface area (Å²) in [5, 5.41) is 9.63. The van der Waals surface area contributed by atoms with Gasteiger partial charge < -0.3 is 14.6 Å². The first kappa shape index (κ1) is 26.9. The summed E-state index contributed by atoms with van der Waals surface area (Å²) in [7, 11) is 2.07. The first-order chi connectivity index (χ1) is 19.3. The molecule has 0 amide bonds. The maximum absolute atomic E-state index is 11.7. The molecule has 0 radical (unpaired) electrons. The quantitative estimate of drug-likeness (QED) is 0.208. The van der Waals surface area contributed by atoms with Crippen molar-refractivity contribution in [2.75, 3.05) is 4.90 Å². The van der Waals surface area contributed by atoms with E-state index in [1.807, 2.05) is 36.4 Å². The fourth-order valence-electron chi connectivity index (χ4n) is 5.34. The molecule has 5 nitrogen and oxygen atoms in total. The third-order valence-electron chi connectivity index (χ3n) is 7.66. The number of hydrogen-bond acceptors (Lipinski definition) is 3. The average Bonchev–Trinajstić information content (AvgIpc) is 3.30. The minimum absolute atomic E-state index is 0.304. The summed E-state index contributed by atoms with van der Waals surface area (Å²) in [5.41, 5.74) is 10.8. The van der Waals surface area contributed by atoms with Crippen LogP contribution in [0.4, 0.5) is 5.69 Å². The van der Waals surface area contributed by atoms with Gasteiger partial charge in [-0.2, -0.15) is 0 Å². The molecule has 0 spiro atoms. The number of para-hydroxylation sites is 2. The van der Waals surface area contributed by atoms with E-state index >= 15 is 0 Å². The molecule has 0 saturated carbocycles. The zero-order chi connectivity index (χ0) is 28.4. The van der Waals surface area contributed by atoms with E-state index in [4.69, 9.17) is 4.98 Å². The van der Waals surface area contributed by atoms with Crippen LogP contribution in [0, 0.1) is 13.8 Å². The van der Waals surface area contributed by atoms with Crippen molar-refractivity contribution in [2.24, 2.45) is 7.05 Å². The normalized spacial score (nSPS) is 11.1. The number of aromatic carboxylic acids is 1. The van der Waals surface area contributed by atoms with Gasteiger partial charge in [-0.3, -0.25) is 0 Å². The molecule has 0 bridgehead atoms. The predicted molar refractivity (Wildman–Crippen MR) is 165 cm³/mol. The fraction of sp³-hybridized carbons (Fsp3) is 0.200. The summed E-state index contributed by atoms with van der Waals surface area (Å²) >= 11 is 0. The average molecular weight is 530 g/mol. The number of imidazole rings is 1. The van der Waals surface area contributed by atoms with Gasteiger partial charge in [0.2, 0.25) is 0 Å². The molecule has 5 rings (SSSR count). The zero-order valence-electron chi connectivity index (χ0n) is 23.6. The van der Waals surface area contributed by atoms with E-state index < -0.39 is 5.97 Å². The third kappa shape index (κ3) is 5.15. The molecule has 202 valence electrons. The Balaban J connectivity index is 1.54. The smallest absolute Gasteiger partial charge is 0.336 e. The van der Waals surface area contributed by atoms with Crippen molar-refractivity contribution in [3.63, 3.8) is 0 Å². The summed E-state index contributed by atoms with van der Waals surface area (Å²) in [6.07, 6.45) is 1.89. The van der Waals surface area contributed by atoms with Gasteiger partial charge in [0.25, 0.3) is 0 Å². The number of carboxylic acids is 1. The van der Waals surface area contributed by atoms with Gasteiger partial charge in [-0.1, -0.05) is 74.5 Å². The van der Waals surface area contributed by atoms with E-state index in [9.17, 15) is 9.90 Å². The standard InChI is InChI=1S/C35H35N3O2/c1-6-11-24(3)38(22-26-16-18-27(19-17-26)29-12-7-8-13-30(29)35(39)40)33-21-28(20-23(2)25(33)4)34-36-31-14-9-10-15-32(31)37(34)5/h7-10,12-21H,3,6,11,22H2,1-2,4-5H3,(H,39,40). The molecular formula is C35H35N3O2. The Morgan fingerprint density at radius 2 is 1.65 bits per heavy atom. The minimum Gasteiger partial charge on any atom is -0.478 e. The Morgan fingerprint density at radius 1 is 0.950 bits per heavy atom. The van der Waals surface area contributed by atoms with Crippen molar-refractivity contribution in [2.45, 2.75) is 40.2 Å². The summed E-state index contributed by atoms with van der Waals surface area (Å²) in [6.45, 7) is 11.6. The van der Waals surface area contributed by atoms with E-state index in [-0.39, 0.29) is 0 Å². The van der Waals surface area contributed by atoms with Crippen LogP contribution in [-0.4, -0.2) is 20.6 Å². The molecule has 40 heavy (non-hydrogen) atoms. The molecule has 0 aliphatic rings. The Labute approximate surface area is 236 Å². The van der Waals surface area contributed by atoms with Crippen LogP contribution in [-0.2, 0) is 13.6 Å². The molecule has 1 aromatic heterocycles. The van der Waals surface area contributed by atoms with Gasteiger partial charge >= 0.3 is 5.97 Å². The highest BCUT2D eigenvalue weighted by Gasteiger charge is 2.19. The van der Waals surface area contributed by atoms with Crippen LogP contribution in [0.3, 0.4) is 0 Å². The molecule has 1 heterocycles. The molecule has 0 aliphatic carbocycles. The van der Waals surface area contributed by atoms with Gasteiger partial charge in [-0.25, -0.2) is 9.78 Å². The molecule has 5 aromatic rings. The highest BCUT2D eigenvalue weighted by atomic mass is 16.4. The number of hydrogen-bond donors (Lipinski definition) is 1. The van der Waals surface area contributed by atoms with Crippen LogP contribution in [0.1, 0.15) is 46.8 Å². The van der Waals surface area contributed by atoms with Crippen molar-refractivity contribution in [3.8, 4) is 22.5 Å². The molecule has 4 aromatic carbocycles. The Hall–Kier alpha value is -4.64. The van der Waals surface area contributed by atoms with Crippen LogP contribution < -0.4 is 4.90 Å². The van der Waals surface area contributed by atoms with E-state index in [1.165, 1.54) is 11.1 Å². The SMILES string of the molecule is C=C(CCC)N(Cc1ccc(-c2ccccc2C(=O)O)cc1)c1cc(-c2nc3ccccc3n2C)cc(C)c1C. The van der Waals surface area contributed by atoms with Gasteiger partial charge in [0.1, 0.15) is 5.82 Å². The van der Waals surface area contributed by atoms with Crippen LogP contribution in [0.2, 0.25) is 0 Å². The second-order valence-electron chi connectivity index (χ2n) is 10.4. The maximum atomic E-state index is 11.7. The predicted octanol–water partition coefficient (Wildman–Crippen LogP) is 8.54. The number of aromatic nitrogens is 2. The first-order valence-electron chi connectivity index (χ1n) is 13.7. The summed E-state index contributed by atoms with van der Waals surface area (Å²) in [4.78, 5) is 19.0. The lowest BCUT2D eigenvalue weighted by Crippen LogP contribution is -2.22. The lowest BCUT2D eigenvalue weighted by atomic mass is 9.98. The van der Waals surface area contributed by atoms with Crippen LogP contribution in [0.15, 0.2) is 97.2 Å². The molecule has 0 fully saturated rings. The van der Waals surface area contributed by atoms with Gasteiger partial charge in [0.05, 0.1) is 16.6 Å². The number of fused-ring (bicyclic) bond motifs is 1. The van der Waals surface area contributed by atoms with E-state index in [1.54, 1.807) is 12.1 Å². The number of rotatable bonds is 9. The number of aryl methyl sites for hydroxylation is 2. The Kier molecular flexibility index (Phi) is 7.56. The van der Waals surface area contributed by atoms with Crippen molar-refractivity contribution in [1.82, 2.24) is 9.55 Å². The van der Waals surface area contributed by atoms with Gasteiger partial charge in [-0.05, 0) is 78.4 Å². The van der Waals surface area contributed by atoms with Crippen LogP contribution in [0.5, 0.6) is 0 Å². The molecule has 0 atom stereocenters. The molecule has 1 N–H and O–H groups in total. The first-order valence-corrected chi connectivity index (χ1v) is 13.7. The van der Waals surface area contributed by atoms with Gasteiger partial charge in [0, 0.05) is 30.5 Å². The number of benzene rings is 4. The lowest BCUT2D eigenvalue weighted by Gasteiger charge is -2.30. The van der Waals surface area contributed by atoms with Crippen LogP contribution >= 0.6 is 0 Å². The topological polar surface area (TPSA) is 58.4 Å². The largest absolute Gasteiger partial charge is 0.478 e. The zero-order valence-corrected chi connectivity index (χ0v) is 23.6. The summed E-state index contributed by atoms with van der Waals surface area (Å²) < 4.78 is 2.15. The van der Waals surface area contributed by atoms with Gasteiger partial charge in [-0.15, -0.1) is 0 Å². The Morgan fingerprint density at radius 3 is 2.35 bits per heavy atom. The monoisotopic (exact) mass is 529 g/mol. The lowest BCUT2D eigenvalue weighted by molar-refractivity contribution is 0.0697. The molecule has 0 unspecified atom stereocenters. The molecule has 0 aliphatic heterocycles. The number of carbonyl (C=O) groups is 1. The molecule has 0 saturated heterocycles. The summed E-state index contributed by atoms with van der Waals surface area (Å²) in [6, 6.07) is 28.0. The maximum Gasteiger partial charge on any atom is 0.336 e. The second kappa shape index (κ2) is 11.2. The van der Waals surface area contributed by atoms with Crippen LogP contribution in [0.25, 0.3) is 33.5 Å². The van der Waals surface area contributed by atoms with Crippen molar-refractivity contribution < 1.29 is 9.90 Å². The number of carboxylic acid groups (broad SMARTS) is 1. The van der Waals surface area contributed by atoms with E-state index in [0.717, 1.165) is 63.3 Å². The van der Waals surface area contributed by atoms with Gasteiger partial charge in [0.15, 0.2) is 0 Å². The fourth-order valence-corrected chi connectivity index (χ4v) is 5.34. The molecule has 5 heteroatoms. The molecular weight excluding hydrogens is 494 g/mol. The number of anilines is 1. The van der Waals surface area contributed by atoms with E-state index in [2.05, 4.69) is 80.3 Å². The number of allylic oxidation sites excluding steroid dienone is 1. The van der Waals surface area contributed by atoms with Crippen molar-refractivity contribution in [1.29, 1.82) is 0 Å². The number of nitrogens with zero attached hydrogens (tertiary/aromatic N) is 3. The van der Waals surface area contributed by atoms with E-state index in [0.29, 0.717) is 12.1 Å².